The molecule has 0 amide bonds. The summed E-state index contributed by atoms with van der Waals surface area (Å²) in [4.78, 5) is 0. The number of halogens is 17. The van der Waals surface area contributed by atoms with Crippen LogP contribution in [0.1, 0.15) is 12.8 Å². The van der Waals surface area contributed by atoms with Crippen LogP contribution in [0.3, 0.4) is 0 Å². The molecule has 0 radical (unpaired) electrons. The van der Waals surface area contributed by atoms with Gasteiger partial charge in [-0.25, -0.2) is 8.78 Å². The Morgan fingerprint density at radius 3 is 1.13 bits per heavy atom. The number of rotatable bonds is 7. The van der Waals surface area contributed by atoms with E-state index in [0.29, 0.717) is 0 Å². The molecule has 0 aromatic rings. The van der Waals surface area contributed by atoms with Crippen molar-refractivity contribution in [1.29, 1.82) is 0 Å². The topological polar surface area (TPSA) is 9.23 Å². The molecule has 31 heavy (non-hydrogen) atoms. The smallest absolute Gasteiger partial charge is 0.413 e. The zero-order chi connectivity index (χ0) is 25.1. The third-order valence-electron chi connectivity index (χ3n) is 4.33. The van der Waals surface area contributed by atoms with Crippen molar-refractivity contribution < 1.29 is 79.1 Å². The van der Waals surface area contributed by atoms with Crippen molar-refractivity contribution in [3.8, 4) is 0 Å². The molecule has 1 saturated heterocycles. The average Bonchev–Trinajstić information content (AvgIpc) is 2.60. The molecule has 1 aliphatic heterocycles. The van der Waals surface area contributed by atoms with E-state index < -0.39 is 68.9 Å². The summed E-state index contributed by atoms with van der Waals surface area (Å²) in [7, 11) is -4.95. The predicted octanol–water partition coefficient (Wildman–Crippen LogP) is 6.07. The van der Waals surface area contributed by atoms with Crippen molar-refractivity contribution in [2.24, 2.45) is 0 Å². The summed E-state index contributed by atoms with van der Waals surface area (Å²) in [5.74, 6) is -49.6. The molecule has 1 atom stereocenters. The number of alkyl halides is 17. The van der Waals surface area contributed by atoms with Crippen molar-refractivity contribution >= 4 is 9.04 Å². The van der Waals surface area contributed by atoms with E-state index in [-0.39, 0.29) is 12.8 Å². The van der Waals surface area contributed by atoms with Gasteiger partial charge in [0.25, 0.3) is 9.04 Å². The second-order valence-corrected chi connectivity index (χ2v) is 9.04. The molecule has 0 aromatic carbocycles. The highest BCUT2D eigenvalue weighted by molar-refractivity contribution is 6.55. The highest BCUT2D eigenvalue weighted by Gasteiger charge is 2.95. The van der Waals surface area contributed by atoms with Crippen LogP contribution >= 0.6 is 0 Å². The summed E-state index contributed by atoms with van der Waals surface area (Å²) in [5, 5.41) is 0. The Morgan fingerprint density at radius 1 is 0.452 bits per heavy atom. The highest BCUT2D eigenvalue weighted by atomic mass is 28.3. The maximum absolute atomic E-state index is 13.8. The molecule has 0 saturated carbocycles. The minimum Gasteiger partial charge on any atom is -0.413 e. The lowest BCUT2D eigenvalue weighted by molar-refractivity contribution is -0.458. The lowest BCUT2D eigenvalue weighted by atomic mass is 9.91. The Bertz CT molecular complexity index is 648. The van der Waals surface area contributed by atoms with E-state index in [1.807, 2.05) is 0 Å². The monoisotopic (exact) mass is 520 g/mol. The average molecular weight is 520 g/mol. The fourth-order valence-corrected chi connectivity index (χ4v) is 4.84. The third-order valence-corrected chi connectivity index (χ3v) is 7.07. The van der Waals surface area contributed by atoms with Gasteiger partial charge in [-0.2, -0.15) is 65.9 Å². The van der Waals surface area contributed by atoms with Gasteiger partial charge in [0.15, 0.2) is 0 Å². The minimum absolute atomic E-state index is 0.0749. The van der Waals surface area contributed by atoms with Gasteiger partial charge < -0.3 is 4.43 Å². The van der Waals surface area contributed by atoms with E-state index in [1.165, 1.54) is 0 Å². The fraction of sp³-hybridized carbons (Fsp3) is 1.00. The molecule has 1 aliphatic rings. The fourth-order valence-electron chi connectivity index (χ4n) is 2.40. The lowest BCUT2D eigenvalue weighted by Gasteiger charge is -2.44. The van der Waals surface area contributed by atoms with E-state index >= 15 is 0 Å². The summed E-state index contributed by atoms with van der Waals surface area (Å²) >= 11 is 0. The van der Waals surface area contributed by atoms with Crippen LogP contribution in [0.5, 0.6) is 0 Å². The van der Waals surface area contributed by atoms with Crippen molar-refractivity contribution in [2.75, 3.05) is 6.61 Å². The first kappa shape index (κ1) is 28.0. The summed E-state index contributed by atoms with van der Waals surface area (Å²) in [6, 6.07) is -1.08. The first-order valence-corrected chi connectivity index (χ1v) is 9.55. The molecule has 0 spiro atoms. The van der Waals surface area contributed by atoms with Gasteiger partial charge in [0, 0.05) is 6.61 Å². The molecule has 1 fully saturated rings. The first-order valence-electron chi connectivity index (χ1n) is 7.68. The Kier molecular flexibility index (Phi) is 6.79. The van der Waals surface area contributed by atoms with Gasteiger partial charge >= 0.3 is 47.3 Å². The van der Waals surface area contributed by atoms with Crippen molar-refractivity contribution in [2.45, 2.75) is 66.1 Å². The van der Waals surface area contributed by atoms with Crippen molar-refractivity contribution in [1.82, 2.24) is 0 Å². The first-order chi connectivity index (χ1) is 13.4. The van der Waals surface area contributed by atoms with Crippen LogP contribution in [0.4, 0.5) is 74.6 Å². The molecule has 0 aromatic heterocycles. The zero-order valence-electron chi connectivity index (χ0n) is 14.2. The summed E-state index contributed by atoms with van der Waals surface area (Å²) < 4.78 is 227. The van der Waals surface area contributed by atoms with Crippen LogP contribution in [0.25, 0.3) is 0 Å². The van der Waals surface area contributed by atoms with Gasteiger partial charge in [-0.05, 0) is 12.5 Å². The largest absolute Gasteiger partial charge is 0.460 e. The third kappa shape index (κ3) is 3.66. The van der Waals surface area contributed by atoms with E-state index in [1.54, 1.807) is 0 Å². The molecule has 0 aliphatic carbocycles. The van der Waals surface area contributed by atoms with Crippen LogP contribution in [0.2, 0.25) is 6.04 Å². The van der Waals surface area contributed by atoms with Crippen molar-refractivity contribution in [3.63, 3.8) is 0 Å². The molecule has 0 bridgehead atoms. The molecule has 0 N–H and O–H groups in total. The Balaban J connectivity index is 3.57. The van der Waals surface area contributed by atoms with E-state index in [9.17, 15) is 74.6 Å². The zero-order valence-corrected chi connectivity index (χ0v) is 15.4. The Hall–Kier alpha value is -1.01. The molecule has 1 rings (SSSR count). The molecular formula is C12H9F17OSi. The molecule has 19 heteroatoms. The maximum atomic E-state index is 13.8. The molecule has 1 unspecified atom stereocenters. The SMILES string of the molecule is FC(F)(F)C(F)(F)C(F)(F)C(F)(F)C(F)(F)C(F)(F)C(F)(F)C(F)(F)[SiH]1CCCCO1. The summed E-state index contributed by atoms with van der Waals surface area (Å²) in [6.07, 6.45) is -8.20. The van der Waals surface area contributed by atoms with Gasteiger partial charge in [-0.1, -0.05) is 6.42 Å². The predicted molar refractivity (Wildman–Crippen MR) is 67.8 cm³/mol. The summed E-state index contributed by atoms with van der Waals surface area (Å²) in [6.45, 7) is -0.753. The maximum Gasteiger partial charge on any atom is 0.460 e. The summed E-state index contributed by atoms with van der Waals surface area (Å²) in [5.41, 5.74) is -6.32. The van der Waals surface area contributed by atoms with E-state index in [0.717, 1.165) is 0 Å². The Labute approximate surface area is 162 Å². The van der Waals surface area contributed by atoms with Crippen LogP contribution in [0.15, 0.2) is 0 Å². The quantitative estimate of drug-likeness (QED) is 0.293. The van der Waals surface area contributed by atoms with Crippen LogP contribution in [-0.2, 0) is 4.43 Å². The van der Waals surface area contributed by atoms with Crippen LogP contribution in [-0.4, -0.2) is 62.9 Å². The minimum atomic E-state index is -8.59. The normalized spacial score (nSPS) is 21.4. The van der Waals surface area contributed by atoms with Crippen LogP contribution < -0.4 is 0 Å². The van der Waals surface area contributed by atoms with E-state index in [2.05, 4.69) is 4.43 Å². The molecule has 186 valence electrons. The Morgan fingerprint density at radius 2 is 0.806 bits per heavy atom. The van der Waals surface area contributed by atoms with Gasteiger partial charge in [0.2, 0.25) is 0 Å². The van der Waals surface area contributed by atoms with Gasteiger partial charge in [0.1, 0.15) is 0 Å². The van der Waals surface area contributed by atoms with Crippen LogP contribution in [0, 0.1) is 0 Å². The lowest BCUT2D eigenvalue weighted by Crippen LogP contribution is -2.75. The van der Waals surface area contributed by atoms with Gasteiger partial charge in [-0.15, -0.1) is 0 Å². The second-order valence-electron chi connectivity index (χ2n) is 6.42. The molecular weight excluding hydrogens is 511 g/mol. The van der Waals surface area contributed by atoms with Crippen molar-refractivity contribution in [3.05, 3.63) is 0 Å². The van der Waals surface area contributed by atoms with E-state index in [4.69, 9.17) is 0 Å². The number of hydrogen-bond donors (Lipinski definition) is 0. The molecule has 1 heterocycles. The number of hydrogen-bond acceptors (Lipinski definition) is 1. The standard InChI is InChI=1S/C12H9F17OSi/c13-5(14,7(17,18)9(21,22)11(25,26)27)6(15,16)8(19,20)10(23,24)12(28,29)31-4-2-1-3-30-31/h31H,1-4H2. The van der Waals surface area contributed by atoms with Gasteiger partial charge in [0.05, 0.1) is 0 Å². The highest BCUT2D eigenvalue weighted by Crippen LogP contribution is 2.64. The van der Waals surface area contributed by atoms with Gasteiger partial charge in [-0.3, -0.25) is 0 Å². The molecule has 1 nitrogen and oxygen atoms in total. The second kappa shape index (κ2) is 7.51.